The Bertz CT molecular complexity index is 909. The monoisotopic (exact) mass is 310 g/mol. The lowest BCUT2D eigenvalue weighted by atomic mass is 10.1. The zero-order valence-corrected chi connectivity index (χ0v) is 11.7. The normalized spacial score (nSPS) is 10.4. The fourth-order valence-electron chi connectivity index (χ4n) is 2.17. The van der Waals surface area contributed by atoms with E-state index in [-0.39, 0.29) is 11.4 Å². The molecule has 114 valence electrons. The van der Waals surface area contributed by atoms with Crippen LogP contribution < -0.4 is 5.32 Å². The molecule has 0 saturated heterocycles. The van der Waals surface area contributed by atoms with E-state index in [1.54, 1.807) is 30.3 Å². The van der Waals surface area contributed by atoms with Crippen LogP contribution in [0.3, 0.4) is 0 Å². The predicted octanol–water partition coefficient (Wildman–Crippen LogP) is 3.79. The number of nitrogens with zero attached hydrogens (tertiary/aromatic N) is 3. The molecule has 3 aromatic rings. The lowest BCUT2D eigenvalue weighted by Crippen LogP contribution is -1.95. The average Bonchev–Trinajstić information content (AvgIpc) is 2.55. The second-order valence-corrected chi connectivity index (χ2v) is 4.76. The third kappa shape index (κ3) is 2.91. The van der Waals surface area contributed by atoms with Crippen LogP contribution >= 0.6 is 0 Å². The molecular formula is C15H10N4O4. The lowest BCUT2D eigenvalue weighted by Gasteiger charge is -2.08. The summed E-state index contributed by atoms with van der Waals surface area (Å²) in [5.74, 6) is 0. The number of nitro groups is 2. The van der Waals surface area contributed by atoms with Crippen molar-refractivity contribution in [2.75, 3.05) is 5.32 Å². The highest BCUT2D eigenvalue weighted by Crippen LogP contribution is 2.27. The van der Waals surface area contributed by atoms with Crippen molar-refractivity contribution < 1.29 is 9.85 Å². The Labute approximate surface area is 129 Å². The van der Waals surface area contributed by atoms with Crippen LogP contribution in [0.4, 0.5) is 22.7 Å². The van der Waals surface area contributed by atoms with E-state index in [9.17, 15) is 20.2 Å². The summed E-state index contributed by atoms with van der Waals surface area (Å²) in [6.07, 6.45) is 1.20. The van der Waals surface area contributed by atoms with E-state index >= 15 is 0 Å². The van der Waals surface area contributed by atoms with Gasteiger partial charge < -0.3 is 5.32 Å². The summed E-state index contributed by atoms with van der Waals surface area (Å²) in [6, 6.07) is 12.7. The number of hydrogen-bond acceptors (Lipinski definition) is 6. The molecule has 0 radical (unpaired) electrons. The van der Waals surface area contributed by atoms with Crippen LogP contribution in [0.5, 0.6) is 0 Å². The Kier molecular flexibility index (Phi) is 3.55. The number of benzene rings is 2. The van der Waals surface area contributed by atoms with E-state index < -0.39 is 9.85 Å². The molecule has 0 atom stereocenters. The number of nitro benzene ring substituents is 1. The predicted molar refractivity (Wildman–Crippen MR) is 84.8 cm³/mol. The Hall–Kier alpha value is -3.55. The van der Waals surface area contributed by atoms with Crippen molar-refractivity contribution in [2.45, 2.75) is 0 Å². The topological polar surface area (TPSA) is 111 Å². The molecule has 8 nitrogen and oxygen atoms in total. The molecule has 23 heavy (non-hydrogen) atoms. The Balaban J connectivity index is 1.96. The average molecular weight is 310 g/mol. The zero-order chi connectivity index (χ0) is 16.4. The van der Waals surface area contributed by atoms with E-state index in [0.29, 0.717) is 22.3 Å². The Morgan fingerprint density at radius 2 is 1.61 bits per heavy atom. The summed E-state index contributed by atoms with van der Waals surface area (Å²) in [5.41, 5.74) is 1.82. The lowest BCUT2D eigenvalue weighted by molar-refractivity contribution is -0.385. The minimum Gasteiger partial charge on any atom is -0.354 e. The van der Waals surface area contributed by atoms with Crippen LogP contribution in [0.2, 0.25) is 0 Å². The van der Waals surface area contributed by atoms with Crippen molar-refractivity contribution in [3.63, 3.8) is 0 Å². The van der Waals surface area contributed by atoms with Gasteiger partial charge in [-0.1, -0.05) is 12.1 Å². The standard InChI is InChI=1S/C15H10N4O4/c20-18(21)12-6-4-11(5-7-12)17-14-3-1-2-10-8-13(19(22)23)9-16-15(10)14/h1-9,17H. The number of rotatable bonds is 4. The number of non-ortho nitro benzene ring substituents is 1. The van der Waals surface area contributed by atoms with Gasteiger partial charge in [0, 0.05) is 29.3 Å². The molecule has 0 aliphatic heterocycles. The fraction of sp³-hybridized carbons (Fsp3) is 0. The molecule has 0 fully saturated rings. The molecule has 0 aliphatic rings. The minimum absolute atomic E-state index is 0.00206. The maximum Gasteiger partial charge on any atom is 0.288 e. The second-order valence-electron chi connectivity index (χ2n) is 4.76. The van der Waals surface area contributed by atoms with E-state index in [0.717, 1.165) is 0 Å². The molecule has 1 aromatic heterocycles. The van der Waals surface area contributed by atoms with E-state index in [1.165, 1.54) is 24.4 Å². The third-order valence-corrected chi connectivity index (χ3v) is 3.26. The summed E-state index contributed by atoms with van der Waals surface area (Å²) in [6.45, 7) is 0. The Morgan fingerprint density at radius 3 is 2.26 bits per heavy atom. The van der Waals surface area contributed by atoms with Gasteiger partial charge in [0.25, 0.3) is 11.4 Å². The largest absolute Gasteiger partial charge is 0.354 e. The Morgan fingerprint density at radius 1 is 0.913 bits per heavy atom. The van der Waals surface area contributed by atoms with E-state index in [4.69, 9.17) is 0 Å². The van der Waals surface area contributed by atoms with Gasteiger partial charge in [0.15, 0.2) is 0 Å². The molecule has 1 N–H and O–H groups in total. The van der Waals surface area contributed by atoms with Gasteiger partial charge >= 0.3 is 0 Å². The summed E-state index contributed by atoms with van der Waals surface area (Å²) < 4.78 is 0. The summed E-state index contributed by atoms with van der Waals surface area (Å²) in [7, 11) is 0. The highest BCUT2D eigenvalue weighted by Gasteiger charge is 2.10. The molecule has 1 heterocycles. The zero-order valence-electron chi connectivity index (χ0n) is 11.7. The quantitative estimate of drug-likeness (QED) is 0.579. The SMILES string of the molecule is O=[N+]([O-])c1ccc(Nc2cccc3cc([N+](=O)[O-])cnc23)cc1. The molecule has 0 amide bonds. The van der Waals surface area contributed by atoms with Crippen LogP contribution in [0.1, 0.15) is 0 Å². The van der Waals surface area contributed by atoms with Crippen LogP contribution in [-0.4, -0.2) is 14.8 Å². The first-order valence-corrected chi connectivity index (χ1v) is 6.59. The molecule has 3 rings (SSSR count). The van der Waals surface area contributed by atoms with Crippen molar-refractivity contribution in [3.05, 3.63) is 75.0 Å². The van der Waals surface area contributed by atoms with Gasteiger partial charge in [0.1, 0.15) is 6.20 Å². The van der Waals surface area contributed by atoms with Crippen LogP contribution in [0.25, 0.3) is 10.9 Å². The van der Waals surface area contributed by atoms with Crippen molar-refractivity contribution >= 4 is 33.7 Å². The molecule has 2 aromatic carbocycles. The van der Waals surface area contributed by atoms with Crippen LogP contribution in [0, 0.1) is 20.2 Å². The highest BCUT2D eigenvalue weighted by atomic mass is 16.6. The summed E-state index contributed by atoms with van der Waals surface area (Å²) in [4.78, 5) is 24.6. The smallest absolute Gasteiger partial charge is 0.288 e. The molecule has 0 aliphatic carbocycles. The van der Waals surface area contributed by atoms with Crippen molar-refractivity contribution in [2.24, 2.45) is 0 Å². The molecule has 0 spiro atoms. The maximum atomic E-state index is 10.8. The molecule has 0 unspecified atom stereocenters. The van der Waals surface area contributed by atoms with Crippen molar-refractivity contribution in [1.82, 2.24) is 4.98 Å². The summed E-state index contributed by atoms with van der Waals surface area (Å²) >= 11 is 0. The van der Waals surface area contributed by atoms with Gasteiger partial charge in [-0.25, -0.2) is 4.98 Å². The van der Waals surface area contributed by atoms with Gasteiger partial charge in [0.2, 0.25) is 0 Å². The van der Waals surface area contributed by atoms with E-state index in [1.807, 2.05) is 0 Å². The number of anilines is 2. The number of pyridine rings is 1. The summed E-state index contributed by atoms with van der Waals surface area (Å²) in [5, 5.41) is 25.2. The maximum absolute atomic E-state index is 10.8. The number of aromatic nitrogens is 1. The van der Waals surface area contributed by atoms with Gasteiger partial charge in [-0.15, -0.1) is 0 Å². The van der Waals surface area contributed by atoms with Crippen molar-refractivity contribution in [1.29, 1.82) is 0 Å². The number of para-hydroxylation sites is 1. The number of fused-ring (bicyclic) bond motifs is 1. The third-order valence-electron chi connectivity index (χ3n) is 3.26. The molecular weight excluding hydrogens is 300 g/mol. The molecule has 0 saturated carbocycles. The molecule has 8 heteroatoms. The van der Waals surface area contributed by atoms with Crippen LogP contribution in [-0.2, 0) is 0 Å². The second kappa shape index (κ2) is 5.68. The van der Waals surface area contributed by atoms with Gasteiger partial charge in [0.05, 0.1) is 21.1 Å². The fourth-order valence-corrected chi connectivity index (χ4v) is 2.17. The molecule has 0 bridgehead atoms. The van der Waals surface area contributed by atoms with Crippen LogP contribution in [0.15, 0.2) is 54.7 Å². The van der Waals surface area contributed by atoms with Gasteiger partial charge in [-0.3, -0.25) is 20.2 Å². The van der Waals surface area contributed by atoms with E-state index in [2.05, 4.69) is 10.3 Å². The van der Waals surface area contributed by atoms with Gasteiger partial charge in [-0.05, 0) is 18.2 Å². The first-order valence-electron chi connectivity index (χ1n) is 6.59. The van der Waals surface area contributed by atoms with Crippen molar-refractivity contribution in [3.8, 4) is 0 Å². The highest BCUT2D eigenvalue weighted by molar-refractivity contribution is 5.93. The number of nitrogens with one attached hydrogen (secondary N) is 1. The number of hydrogen-bond donors (Lipinski definition) is 1. The van der Waals surface area contributed by atoms with Gasteiger partial charge in [-0.2, -0.15) is 0 Å². The first kappa shape index (κ1) is 14.4. The minimum atomic E-state index is -0.497. The first-order chi connectivity index (χ1) is 11.0.